The zero-order valence-electron chi connectivity index (χ0n) is 20.5. The van der Waals surface area contributed by atoms with Crippen molar-refractivity contribution < 1.29 is 10.2 Å². The van der Waals surface area contributed by atoms with Crippen LogP contribution in [0.2, 0.25) is 0 Å². The van der Waals surface area contributed by atoms with Crippen molar-refractivity contribution >= 4 is 28.7 Å². The van der Waals surface area contributed by atoms with Crippen molar-refractivity contribution in [3.63, 3.8) is 0 Å². The average molecular weight is 484 g/mol. The van der Waals surface area contributed by atoms with Gasteiger partial charge in [0.25, 0.3) is 0 Å². The van der Waals surface area contributed by atoms with E-state index in [1.54, 1.807) is 0 Å². The zero-order chi connectivity index (χ0) is 25.5. The quantitative estimate of drug-likeness (QED) is 0.222. The van der Waals surface area contributed by atoms with Gasteiger partial charge in [0.05, 0.1) is 13.2 Å². The van der Waals surface area contributed by atoms with Gasteiger partial charge < -0.3 is 15.1 Å². The Kier molecular flexibility index (Phi) is 7.56. The number of aliphatic hydroxyl groups excluding tert-OH is 2. The van der Waals surface area contributed by atoms with Crippen LogP contribution in [0, 0.1) is 0 Å². The summed E-state index contributed by atoms with van der Waals surface area (Å²) < 4.78 is 0. The van der Waals surface area contributed by atoms with E-state index in [9.17, 15) is 10.2 Å². The summed E-state index contributed by atoms with van der Waals surface area (Å²) in [6, 6.07) is 45.2. The Hall–Kier alpha value is -4.44. The number of rotatable bonds is 8. The van der Waals surface area contributed by atoms with E-state index in [1.165, 1.54) is 16.7 Å². The van der Waals surface area contributed by atoms with Crippen molar-refractivity contribution in [1.82, 2.24) is 0 Å². The third-order valence-electron chi connectivity index (χ3n) is 6.39. The van der Waals surface area contributed by atoms with Crippen molar-refractivity contribution in [2.75, 3.05) is 4.90 Å². The Morgan fingerprint density at radius 1 is 0.486 bits per heavy atom. The number of anilines is 3. The molecule has 182 valence electrons. The fraction of sp³-hybridized carbons (Fsp3) is 0.0588. The molecule has 37 heavy (non-hydrogen) atoms. The molecule has 5 rings (SSSR count). The number of hydrogen-bond acceptors (Lipinski definition) is 3. The first-order valence-corrected chi connectivity index (χ1v) is 12.4. The standard InChI is InChI=1S/C34H29NO2/c36-24-27-13-19-32(20-14-27)35(33-21-15-28(25-37)16-22-33)31-17-11-26(12-18-31)23-34(29-7-3-1-4-8-29)30-9-5-2-6-10-30/h1-23,36-37H,24-25H2. The molecule has 5 aromatic rings. The minimum Gasteiger partial charge on any atom is -0.392 e. The van der Waals surface area contributed by atoms with Gasteiger partial charge >= 0.3 is 0 Å². The molecule has 0 aromatic heterocycles. The van der Waals surface area contributed by atoms with Crippen LogP contribution in [0.25, 0.3) is 11.6 Å². The fourth-order valence-corrected chi connectivity index (χ4v) is 4.40. The van der Waals surface area contributed by atoms with E-state index in [4.69, 9.17) is 0 Å². The Morgan fingerprint density at radius 3 is 1.24 bits per heavy atom. The van der Waals surface area contributed by atoms with E-state index in [1.807, 2.05) is 60.7 Å². The first-order chi connectivity index (χ1) is 18.2. The SMILES string of the molecule is OCc1ccc(N(c2ccc(C=C(c3ccccc3)c3ccccc3)cc2)c2ccc(CO)cc2)cc1. The van der Waals surface area contributed by atoms with Crippen LogP contribution < -0.4 is 4.90 Å². The van der Waals surface area contributed by atoms with Crippen LogP contribution in [0.1, 0.15) is 27.8 Å². The lowest BCUT2D eigenvalue weighted by Gasteiger charge is -2.26. The first-order valence-electron chi connectivity index (χ1n) is 12.4. The largest absolute Gasteiger partial charge is 0.392 e. The maximum absolute atomic E-state index is 9.48. The van der Waals surface area contributed by atoms with Crippen molar-refractivity contribution in [3.05, 3.63) is 161 Å². The van der Waals surface area contributed by atoms with E-state index in [-0.39, 0.29) is 13.2 Å². The summed E-state index contributed by atoms with van der Waals surface area (Å²) in [6.45, 7) is 0.0232. The second-order valence-corrected chi connectivity index (χ2v) is 8.87. The minimum absolute atomic E-state index is 0.0116. The van der Waals surface area contributed by atoms with E-state index < -0.39 is 0 Å². The molecule has 3 heteroatoms. The van der Waals surface area contributed by atoms with Gasteiger partial charge in [-0.2, -0.15) is 0 Å². The van der Waals surface area contributed by atoms with Crippen LogP contribution in [0.15, 0.2) is 133 Å². The van der Waals surface area contributed by atoms with E-state index in [0.29, 0.717) is 0 Å². The highest BCUT2D eigenvalue weighted by Crippen LogP contribution is 2.35. The van der Waals surface area contributed by atoms with Gasteiger partial charge in [0.2, 0.25) is 0 Å². The van der Waals surface area contributed by atoms with Crippen LogP contribution in [0.3, 0.4) is 0 Å². The van der Waals surface area contributed by atoms with Gasteiger partial charge in [-0.25, -0.2) is 0 Å². The van der Waals surface area contributed by atoms with Gasteiger partial charge in [0.15, 0.2) is 0 Å². The van der Waals surface area contributed by atoms with Gasteiger partial charge in [0.1, 0.15) is 0 Å². The monoisotopic (exact) mass is 483 g/mol. The van der Waals surface area contributed by atoms with Crippen LogP contribution in [-0.4, -0.2) is 10.2 Å². The lowest BCUT2D eigenvalue weighted by molar-refractivity contribution is 0.281. The Morgan fingerprint density at radius 2 is 0.865 bits per heavy atom. The second-order valence-electron chi connectivity index (χ2n) is 8.87. The molecule has 0 radical (unpaired) electrons. The molecule has 3 nitrogen and oxygen atoms in total. The summed E-state index contributed by atoms with van der Waals surface area (Å²) in [6.07, 6.45) is 2.23. The normalized spacial score (nSPS) is 10.6. The van der Waals surface area contributed by atoms with Crippen molar-refractivity contribution in [2.45, 2.75) is 13.2 Å². The van der Waals surface area contributed by atoms with Crippen molar-refractivity contribution in [2.24, 2.45) is 0 Å². The van der Waals surface area contributed by atoms with Crippen molar-refractivity contribution in [1.29, 1.82) is 0 Å². The molecule has 0 saturated heterocycles. The molecule has 0 atom stereocenters. The highest BCUT2D eigenvalue weighted by molar-refractivity contribution is 5.91. The first kappa shape index (κ1) is 24.3. The summed E-state index contributed by atoms with van der Waals surface area (Å²) in [5, 5.41) is 19.0. The Labute approximate surface area is 218 Å². The highest BCUT2D eigenvalue weighted by atomic mass is 16.3. The van der Waals surface area contributed by atoms with Crippen molar-refractivity contribution in [3.8, 4) is 0 Å². The predicted molar refractivity (Wildman–Crippen MR) is 153 cm³/mol. The molecule has 0 aliphatic carbocycles. The third kappa shape index (κ3) is 5.70. The molecular formula is C34H29NO2. The molecule has 5 aromatic carbocycles. The van der Waals surface area contributed by atoms with Gasteiger partial charge in [-0.15, -0.1) is 0 Å². The van der Waals surface area contributed by atoms with Gasteiger partial charge in [0, 0.05) is 17.1 Å². The summed E-state index contributed by atoms with van der Waals surface area (Å²) >= 11 is 0. The predicted octanol–water partition coefficient (Wildman–Crippen LogP) is 7.73. The van der Waals surface area contributed by atoms with Crippen LogP contribution in [-0.2, 0) is 13.2 Å². The highest BCUT2D eigenvalue weighted by Gasteiger charge is 2.13. The number of aliphatic hydroxyl groups is 2. The molecule has 0 aliphatic heterocycles. The molecule has 0 heterocycles. The molecule has 0 unspecified atom stereocenters. The summed E-state index contributed by atoms with van der Waals surface area (Å²) in [5.74, 6) is 0. The molecule has 0 spiro atoms. The average Bonchev–Trinajstić information content (AvgIpc) is 2.98. The topological polar surface area (TPSA) is 43.7 Å². The lowest BCUT2D eigenvalue weighted by atomic mass is 9.95. The van der Waals surface area contributed by atoms with Gasteiger partial charge in [-0.3, -0.25) is 0 Å². The van der Waals surface area contributed by atoms with E-state index in [0.717, 1.165) is 33.8 Å². The third-order valence-corrected chi connectivity index (χ3v) is 6.39. The molecule has 2 N–H and O–H groups in total. The maximum atomic E-state index is 9.48. The molecule has 0 saturated carbocycles. The smallest absolute Gasteiger partial charge is 0.0681 e. The van der Waals surface area contributed by atoms with Gasteiger partial charge in [-0.05, 0) is 75.9 Å². The van der Waals surface area contributed by atoms with Crippen LogP contribution in [0.4, 0.5) is 17.1 Å². The Balaban J connectivity index is 1.54. The Bertz CT molecular complexity index is 1350. The zero-order valence-corrected chi connectivity index (χ0v) is 20.5. The fourth-order valence-electron chi connectivity index (χ4n) is 4.40. The number of nitrogens with zero attached hydrogens (tertiary/aromatic N) is 1. The number of benzene rings is 5. The van der Waals surface area contributed by atoms with Gasteiger partial charge in [-0.1, -0.05) is 97.1 Å². The summed E-state index contributed by atoms with van der Waals surface area (Å²) in [4.78, 5) is 2.17. The van der Waals surface area contributed by atoms with E-state index in [2.05, 4.69) is 83.8 Å². The molecule has 0 aliphatic rings. The molecule has 0 fully saturated rings. The second kappa shape index (κ2) is 11.5. The minimum atomic E-state index is 0.0116. The number of hydrogen-bond donors (Lipinski definition) is 2. The maximum Gasteiger partial charge on any atom is 0.0681 e. The molecular weight excluding hydrogens is 454 g/mol. The van der Waals surface area contributed by atoms with E-state index >= 15 is 0 Å². The van der Waals surface area contributed by atoms with Crippen LogP contribution >= 0.6 is 0 Å². The summed E-state index contributed by atoms with van der Waals surface area (Å²) in [7, 11) is 0. The lowest BCUT2D eigenvalue weighted by Crippen LogP contribution is -2.10. The van der Waals surface area contributed by atoms with Crippen LogP contribution in [0.5, 0.6) is 0 Å². The molecule has 0 amide bonds. The summed E-state index contributed by atoms with van der Waals surface area (Å²) in [5.41, 5.74) is 9.37. The molecule has 0 bridgehead atoms.